The van der Waals surface area contributed by atoms with Crippen LogP contribution >= 0.6 is 11.6 Å². The number of hydrogen-bond acceptors (Lipinski definition) is 7. The fourth-order valence-corrected chi connectivity index (χ4v) is 4.63. The number of benzene rings is 4. The Labute approximate surface area is 246 Å². The van der Waals surface area contributed by atoms with Gasteiger partial charge in [0.05, 0.1) is 23.7 Å². The highest BCUT2D eigenvalue weighted by Crippen LogP contribution is 2.33. The molecule has 0 bridgehead atoms. The molecule has 0 aliphatic rings. The van der Waals surface area contributed by atoms with E-state index >= 15 is 0 Å². The first-order valence-electron chi connectivity index (χ1n) is 13.3. The van der Waals surface area contributed by atoms with Crippen molar-refractivity contribution in [3.63, 3.8) is 0 Å². The lowest BCUT2D eigenvalue weighted by atomic mass is 10.1. The molecule has 42 heavy (non-hydrogen) atoms. The summed E-state index contributed by atoms with van der Waals surface area (Å²) in [5.74, 6) is 2.65. The van der Waals surface area contributed by atoms with Crippen molar-refractivity contribution in [1.82, 2.24) is 15.4 Å². The lowest BCUT2D eigenvalue weighted by molar-refractivity contribution is 0.0200. The van der Waals surface area contributed by atoms with E-state index in [0.717, 1.165) is 39.2 Å². The van der Waals surface area contributed by atoms with Crippen LogP contribution in [0.25, 0.3) is 10.9 Å². The quantitative estimate of drug-likeness (QED) is 0.118. The van der Waals surface area contributed by atoms with Gasteiger partial charge in [0.1, 0.15) is 41.0 Å². The van der Waals surface area contributed by atoms with Crippen molar-refractivity contribution in [3.8, 4) is 11.5 Å². The molecule has 0 atom stereocenters. The molecular weight excluding hydrogens is 555 g/mol. The maximum absolute atomic E-state index is 13.5. The fraction of sp³-hybridized carbons (Fsp3) is 0.0909. The van der Waals surface area contributed by atoms with E-state index in [1.165, 1.54) is 18.5 Å². The van der Waals surface area contributed by atoms with Gasteiger partial charge in [0.25, 0.3) is 0 Å². The standard InChI is InChI=1S/C33H26ClFN4O3/c34-30-18-25(10-14-32(30)42-26-8-4-7-24(35)17-26)39-33-29-16-23(9-13-31(29)36-21-37-33)15-27-11-12-28(41-27)19-38-40-20-22-5-2-1-3-6-22/h1-14,16-18,21,38H,15,19-20H2,(H,36,37,39). The van der Waals surface area contributed by atoms with E-state index in [0.29, 0.717) is 41.9 Å². The molecular formula is C33H26ClFN4O3. The zero-order chi connectivity index (χ0) is 28.7. The summed E-state index contributed by atoms with van der Waals surface area (Å²) >= 11 is 6.47. The summed E-state index contributed by atoms with van der Waals surface area (Å²) in [6, 6.07) is 31.1. The number of ether oxygens (including phenoxy) is 1. The van der Waals surface area contributed by atoms with Crippen LogP contribution in [-0.4, -0.2) is 9.97 Å². The van der Waals surface area contributed by atoms with Crippen LogP contribution in [0.1, 0.15) is 22.6 Å². The molecule has 6 aromatic rings. The minimum atomic E-state index is -0.384. The van der Waals surface area contributed by atoms with Crippen molar-refractivity contribution in [3.05, 3.63) is 143 Å². The van der Waals surface area contributed by atoms with Crippen LogP contribution in [0.2, 0.25) is 5.02 Å². The predicted octanol–water partition coefficient (Wildman–Crippen LogP) is 8.36. The summed E-state index contributed by atoms with van der Waals surface area (Å²) in [5, 5.41) is 4.55. The lowest BCUT2D eigenvalue weighted by Crippen LogP contribution is -2.13. The van der Waals surface area contributed by atoms with E-state index in [9.17, 15) is 4.39 Å². The second kappa shape index (κ2) is 12.8. The summed E-state index contributed by atoms with van der Waals surface area (Å²) in [7, 11) is 0. The van der Waals surface area contributed by atoms with Crippen molar-refractivity contribution in [2.75, 3.05) is 5.32 Å². The van der Waals surface area contributed by atoms with E-state index in [1.54, 1.807) is 24.3 Å². The molecule has 7 nitrogen and oxygen atoms in total. The van der Waals surface area contributed by atoms with Gasteiger partial charge in [-0.25, -0.2) is 14.4 Å². The van der Waals surface area contributed by atoms with Gasteiger partial charge >= 0.3 is 0 Å². The predicted molar refractivity (Wildman–Crippen MR) is 160 cm³/mol. The highest BCUT2D eigenvalue weighted by molar-refractivity contribution is 6.32. The normalized spacial score (nSPS) is 11.1. The first-order chi connectivity index (χ1) is 20.6. The summed E-state index contributed by atoms with van der Waals surface area (Å²) in [6.45, 7) is 0.935. The number of rotatable bonds is 11. The Balaban J connectivity index is 1.11. The molecule has 0 saturated carbocycles. The van der Waals surface area contributed by atoms with E-state index in [4.69, 9.17) is 25.6 Å². The van der Waals surface area contributed by atoms with E-state index < -0.39 is 0 Å². The molecule has 0 spiro atoms. The highest BCUT2D eigenvalue weighted by Gasteiger charge is 2.11. The maximum Gasteiger partial charge on any atom is 0.146 e. The second-order valence-electron chi connectivity index (χ2n) is 9.54. The van der Waals surface area contributed by atoms with Gasteiger partial charge in [0.15, 0.2) is 0 Å². The van der Waals surface area contributed by atoms with Crippen molar-refractivity contribution < 1.29 is 18.4 Å². The molecule has 4 aromatic carbocycles. The third-order valence-corrected chi connectivity index (χ3v) is 6.74. The van der Waals surface area contributed by atoms with Crippen LogP contribution in [0.5, 0.6) is 11.5 Å². The highest BCUT2D eigenvalue weighted by atomic mass is 35.5. The molecule has 0 unspecified atom stereocenters. The van der Waals surface area contributed by atoms with Gasteiger partial charge in [-0.15, -0.1) is 0 Å². The largest absolute Gasteiger partial charge is 0.464 e. The topological polar surface area (TPSA) is 81.4 Å². The molecule has 9 heteroatoms. The van der Waals surface area contributed by atoms with Crippen molar-refractivity contribution in [2.24, 2.45) is 0 Å². The summed E-state index contributed by atoms with van der Waals surface area (Å²) in [5.41, 5.74) is 6.61. The minimum absolute atomic E-state index is 0.364. The number of hydrogen-bond donors (Lipinski definition) is 2. The van der Waals surface area contributed by atoms with Crippen molar-refractivity contribution in [1.29, 1.82) is 0 Å². The zero-order valence-electron chi connectivity index (χ0n) is 22.4. The van der Waals surface area contributed by atoms with Gasteiger partial charge < -0.3 is 14.5 Å². The summed E-state index contributed by atoms with van der Waals surface area (Å²) < 4.78 is 25.3. The van der Waals surface area contributed by atoms with E-state index in [-0.39, 0.29) is 5.82 Å². The molecule has 0 fully saturated rings. The fourth-order valence-electron chi connectivity index (χ4n) is 4.41. The number of nitrogens with zero attached hydrogens (tertiary/aromatic N) is 2. The molecule has 0 saturated heterocycles. The van der Waals surface area contributed by atoms with Crippen LogP contribution in [0.4, 0.5) is 15.9 Å². The van der Waals surface area contributed by atoms with Gasteiger partial charge in [0, 0.05) is 23.6 Å². The van der Waals surface area contributed by atoms with Crippen LogP contribution in [0, 0.1) is 5.82 Å². The SMILES string of the molecule is Fc1cccc(Oc2ccc(Nc3ncnc4ccc(Cc5ccc(CNOCc6ccccc6)o5)cc34)cc2Cl)c1. The molecule has 0 aliphatic carbocycles. The molecule has 6 rings (SSSR count). The van der Waals surface area contributed by atoms with Gasteiger partial charge in [-0.05, 0) is 65.7 Å². The first kappa shape index (κ1) is 27.4. The second-order valence-corrected chi connectivity index (χ2v) is 9.95. The summed E-state index contributed by atoms with van der Waals surface area (Å²) in [6.07, 6.45) is 2.12. The Kier molecular flexibility index (Phi) is 8.37. The third-order valence-electron chi connectivity index (χ3n) is 6.44. The number of halogens is 2. The number of nitrogens with one attached hydrogen (secondary N) is 2. The van der Waals surface area contributed by atoms with Crippen LogP contribution in [0.15, 0.2) is 114 Å². The molecule has 210 valence electrons. The first-order valence-corrected chi connectivity index (χ1v) is 13.7. The smallest absolute Gasteiger partial charge is 0.146 e. The Morgan fingerprint density at radius 3 is 2.55 bits per heavy atom. The average molecular weight is 581 g/mol. The van der Waals surface area contributed by atoms with Crippen LogP contribution in [-0.2, 0) is 24.4 Å². The van der Waals surface area contributed by atoms with E-state index in [1.807, 2.05) is 66.7 Å². The van der Waals surface area contributed by atoms with Gasteiger partial charge in [-0.3, -0.25) is 4.84 Å². The summed E-state index contributed by atoms with van der Waals surface area (Å²) in [4.78, 5) is 14.4. The number of hydroxylamine groups is 1. The number of anilines is 2. The van der Waals surface area contributed by atoms with Crippen LogP contribution in [0.3, 0.4) is 0 Å². The Morgan fingerprint density at radius 1 is 0.810 bits per heavy atom. The number of aromatic nitrogens is 2. The Morgan fingerprint density at radius 2 is 1.69 bits per heavy atom. The molecule has 2 heterocycles. The lowest BCUT2D eigenvalue weighted by Gasteiger charge is -2.12. The maximum atomic E-state index is 13.5. The Bertz CT molecular complexity index is 1810. The zero-order valence-corrected chi connectivity index (χ0v) is 23.1. The van der Waals surface area contributed by atoms with Crippen molar-refractivity contribution >= 4 is 34.0 Å². The monoisotopic (exact) mass is 580 g/mol. The van der Waals surface area contributed by atoms with Gasteiger partial charge in [-0.1, -0.05) is 54.1 Å². The third kappa shape index (κ3) is 6.92. The van der Waals surface area contributed by atoms with Gasteiger partial charge in [0.2, 0.25) is 0 Å². The van der Waals surface area contributed by atoms with Gasteiger partial charge in [-0.2, -0.15) is 5.48 Å². The minimum Gasteiger partial charge on any atom is -0.464 e. The number of fused-ring (bicyclic) bond motifs is 1. The molecule has 0 aliphatic heterocycles. The van der Waals surface area contributed by atoms with Crippen LogP contribution < -0.4 is 15.5 Å². The molecule has 2 N–H and O–H groups in total. The van der Waals surface area contributed by atoms with E-state index in [2.05, 4.69) is 20.8 Å². The Hall–Kier alpha value is -4.76. The molecule has 2 aromatic heterocycles. The molecule has 0 radical (unpaired) electrons. The molecule has 0 amide bonds. The average Bonchev–Trinajstić information content (AvgIpc) is 3.44. The number of furan rings is 1. The van der Waals surface area contributed by atoms with Crippen molar-refractivity contribution in [2.45, 2.75) is 19.6 Å².